The summed E-state index contributed by atoms with van der Waals surface area (Å²) in [5.41, 5.74) is 6.70. The third-order valence-corrected chi connectivity index (χ3v) is 7.68. The number of carbonyl (C=O) groups excluding carboxylic acids is 1. The lowest BCUT2D eigenvalue weighted by Crippen LogP contribution is -2.19. The minimum absolute atomic E-state index is 0.0676. The third-order valence-electron chi connectivity index (χ3n) is 6.32. The molecule has 42 heavy (non-hydrogen) atoms. The van der Waals surface area contributed by atoms with Gasteiger partial charge in [-0.3, -0.25) is 9.52 Å². The summed E-state index contributed by atoms with van der Waals surface area (Å²) in [6.45, 7) is 0. The Kier molecular flexibility index (Phi) is 8.60. The molecule has 9 heteroatoms. The van der Waals surface area contributed by atoms with Gasteiger partial charge in [-0.25, -0.2) is 13.8 Å². The number of ether oxygens (including phenoxy) is 1. The van der Waals surface area contributed by atoms with Crippen LogP contribution in [0.1, 0.15) is 15.9 Å². The SMILES string of the molecule is COc1ccccc1NS(=O)(=O)c1cccc(C(=O)NN=Cc2ccc(N(c3ccccc3)c3ccccc3)cc2)c1. The van der Waals surface area contributed by atoms with E-state index in [4.69, 9.17) is 4.74 Å². The monoisotopic (exact) mass is 576 g/mol. The van der Waals surface area contributed by atoms with Crippen molar-refractivity contribution in [3.63, 3.8) is 0 Å². The van der Waals surface area contributed by atoms with Crippen LogP contribution in [0, 0.1) is 0 Å². The maximum absolute atomic E-state index is 13.0. The highest BCUT2D eigenvalue weighted by Crippen LogP contribution is 2.34. The van der Waals surface area contributed by atoms with Crippen LogP contribution in [0.2, 0.25) is 0 Å². The van der Waals surface area contributed by atoms with E-state index in [2.05, 4.69) is 20.1 Å². The molecule has 0 fully saturated rings. The molecule has 0 aliphatic carbocycles. The van der Waals surface area contributed by atoms with Gasteiger partial charge in [-0.2, -0.15) is 5.10 Å². The van der Waals surface area contributed by atoms with Crippen LogP contribution in [-0.4, -0.2) is 27.6 Å². The Morgan fingerprint density at radius 1 is 0.738 bits per heavy atom. The van der Waals surface area contributed by atoms with E-state index >= 15 is 0 Å². The number of carbonyl (C=O) groups is 1. The molecule has 0 radical (unpaired) electrons. The molecule has 0 atom stereocenters. The number of para-hydroxylation sites is 4. The van der Waals surface area contributed by atoms with Gasteiger partial charge in [0.1, 0.15) is 5.75 Å². The summed E-state index contributed by atoms with van der Waals surface area (Å²) in [7, 11) is -2.51. The number of benzene rings is 5. The van der Waals surface area contributed by atoms with Gasteiger partial charge in [-0.15, -0.1) is 0 Å². The van der Waals surface area contributed by atoms with Crippen LogP contribution >= 0.6 is 0 Å². The normalized spacial score (nSPS) is 11.2. The molecule has 0 aliphatic heterocycles. The van der Waals surface area contributed by atoms with Gasteiger partial charge in [0.2, 0.25) is 0 Å². The number of hydrogen-bond donors (Lipinski definition) is 2. The standard InChI is InChI=1S/C33H28N4O4S/c1-41-32-18-9-8-17-31(32)36-42(39,40)30-16-10-11-26(23-30)33(38)35-34-24-25-19-21-29(22-20-25)37(27-12-4-2-5-13-27)28-14-6-3-7-15-28/h2-24,36H,1H3,(H,35,38). The summed E-state index contributed by atoms with van der Waals surface area (Å²) in [6.07, 6.45) is 1.53. The Bertz CT molecular complexity index is 1750. The molecule has 0 heterocycles. The minimum Gasteiger partial charge on any atom is -0.495 e. The fraction of sp³-hybridized carbons (Fsp3) is 0.0303. The van der Waals surface area contributed by atoms with Gasteiger partial charge in [0.05, 0.1) is 23.9 Å². The zero-order valence-corrected chi connectivity index (χ0v) is 23.5. The lowest BCUT2D eigenvalue weighted by molar-refractivity contribution is 0.0955. The quantitative estimate of drug-likeness (QED) is 0.142. The average Bonchev–Trinajstić information content (AvgIpc) is 3.03. The molecule has 5 aromatic carbocycles. The lowest BCUT2D eigenvalue weighted by Gasteiger charge is -2.25. The van der Waals surface area contributed by atoms with E-state index in [1.165, 1.54) is 37.6 Å². The molecule has 0 bridgehead atoms. The topological polar surface area (TPSA) is 100 Å². The van der Waals surface area contributed by atoms with E-state index in [1.807, 2.05) is 84.9 Å². The Hall–Kier alpha value is -5.41. The molecule has 0 saturated heterocycles. The van der Waals surface area contributed by atoms with Gasteiger partial charge in [0, 0.05) is 22.6 Å². The molecule has 5 aromatic rings. The highest BCUT2D eigenvalue weighted by Gasteiger charge is 2.18. The summed E-state index contributed by atoms with van der Waals surface area (Å²) >= 11 is 0. The molecule has 8 nitrogen and oxygen atoms in total. The number of methoxy groups -OCH3 is 1. The number of rotatable bonds is 10. The lowest BCUT2D eigenvalue weighted by atomic mass is 10.1. The van der Waals surface area contributed by atoms with E-state index in [0.717, 1.165) is 22.6 Å². The molecule has 0 spiro atoms. The van der Waals surface area contributed by atoms with Crippen molar-refractivity contribution < 1.29 is 17.9 Å². The summed E-state index contributed by atoms with van der Waals surface area (Å²) in [6, 6.07) is 40.3. The predicted octanol–water partition coefficient (Wildman–Crippen LogP) is 6.73. The summed E-state index contributed by atoms with van der Waals surface area (Å²) in [4.78, 5) is 14.8. The van der Waals surface area contributed by atoms with E-state index in [-0.39, 0.29) is 10.5 Å². The molecule has 0 aromatic heterocycles. The first kappa shape index (κ1) is 28.1. The number of hydrogen-bond acceptors (Lipinski definition) is 6. The number of amides is 1. The molecule has 5 rings (SSSR count). The molecule has 210 valence electrons. The van der Waals surface area contributed by atoms with Gasteiger partial charge < -0.3 is 9.64 Å². The zero-order chi connectivity index (χ0) is 29.4. The highest BCUT2D eigenvalue weighted by atomic mass is 32.2. The summed E-state index contributed by atoms with van der Waals surface area (Å²) in [5, 5.41) is 4.07. The van der Waals surface area contributed by atoms with Crippen molar-refractivity contribution in [2.45, 2.75) is 4.90 Å². The number of nitrogens with one attached hydrogen (secondary N) is 2. The van der Waals surface area contributed by atoms with E-state index in [0.29, 0.717) is 11.4 Å². The fourth-order valence-electron chi connectivity index (χ4n) is 4.28. The van der Waals surface area contributed by atoms with E-state index in [9.17, 15) is 13.2 Å². The molecule has 2 N–H and O–H groups in total. The van der Waals surface area contributed by atoms with Crippen LogP contribution in [0.4, 0.5) is 22.7 Å². The molecule has 0 unspecified atom stereocenters. The van der Waals surface area contributed by atoms with Crippen molar-refractivity contribution in [1.29, 1.82) is 0 Å². The first-order valence-corrected chi connectivity index (χ1v) is 14.5. The summed E-state index contributed by atoms with van der Waals surface area (Å²) in [5.74, 6) is -0.165. The average molecular weight is 577 g/mol. The number of anilines is 4. The molecule has 0 aliphatic rings. The number of sulfonamides is 1. The van der Waals surface area contributed by atoms with Gasteiger partial charge >= 0.3 is 0 Å². The second-order valence-corrected chi connectivity index (χ2v) is 10.8. The predicted molar refractivity (Wildman–Crippen MR) is 166 cm³/mol. The summed E-state index contributed by atoms with van der Waals surface area (Å²) < 4.78 is 33.7. The van der Waals surface area contributed by atoms with E-state index in [1.54, 1.807) is 24.3 Å². The molecular formula is C33H28N4O4S. The van der Waals surface area contributed by atoms with Crippen molar-refractivity contribution in [2.75, 3.05) is 16.7 Å². The maximum Gasteiger partial charge on any atom is 0.271 e. The van der Waals surface area contributed by atoms with Crippen LogP contribution in [0.5, 0.6) is 5.75 Å². The molecule has 0 saturated carbocycles. The van der Waals surface area contributed by atoms with Crippen LogP contribution in [0.3, 0.4) is 0 Å². The third kappa shape index (κ3) is 6.65. The van der Waals surface area contributed by atoms with Crippen molar-refractivity contribution in [1.82, 2.24) is 5.43 Å². The second-order valence-electron chi connectivity index (χ2n) is 9.13. The van der Waals surface area contributed by atoms with Crippen molar-refractivity contribution in [3.05, 3.63) is 145 Å². The Morgan fingerprint density at radius 3 is 1.98 bits per heavy atom. The number of hydrazone groups is 1. The minimum atomic E-state index is -3.97. The van der Waals surface area contributed by atoms with Gasteiger partial charge in [-0.1, -0.05) is 66.7 Å². The molecular weight excluding hydrogens is 548 g/mol. The number of nitrogens with zero attached hydrogens (tertiary/aromatic N) is 2. The highest BCUT2D eigenvalue weighted by molar-refractivity contribution is 7.92. The van der Waals surface area contributed by atoms with Crippen LogP contribution < -0.4 is 19.8 Å². The van der Waals surface area contributed by atoms with Gasteiger partial charge in [-0.05, 0) is 72.3 Å². The van der Waals surface area contributed by atoms with Crippen molar-refractivity contribution in [3.8, 4) is 5.75 Å². The van der Waals surface area contributed by atoms with E-state index < -0.39 is 15.9 Å². The maximum atomic E-state index is 13.0. The Morgan fingerprint density at radius 2 is 1.33 bits per heavy atom. The first-order valence-electron chi connectivity index (χ1n) is 13.0. The Labute approximate surface area is 245 Å². The smallest absolute Gasteiger partial charge is 0.271 e. The molecule has 1 amide bonds. The van der Waals surface area contributed by atoms with Crippen LogP contribution in [-0.2, 0) is 10.0 Å². The van der Waals surface area contributed by atoms with Crippen molar-refractivity contribution in [2.24, 2.45) is 5.10 Å². The van der Waals surface area contributed by atoms with Gasteiger partial charge in [0.15, 0.2) is 0 Å². The van der Waals surface area contributed by atoms with Crippen LogP contribution in [0.15, 0.2) is 143 Å². The second kappa shape index (κ2) is 12.8. The van der Waals surface area contributed by atoms with Gasteiger partial charge in [0.25, 0.3) is 15.9 Å². The fourth-order valence-corrected chi connectivity index (χ4v) is 5.39. The Balaban J connectivity index is 1.27. The zero-order valence-electron chi connectivity index (χ0n) is 22.7. The van der Waals surface area contributed by atoms with Crippen LogP contribution in [0.25, 0.3) is 0 Å². The first-order chi connectivity index (χ1) is 20.4. The largest absolute Gasteiger partial charge is 0.495 e. The van der Waals surface area contributed by atoms with Crippen molar-refractivity contribution >= 4 is 44.9 Å².